The minimum absolute atomic E-state index is 0.439. The molecule has 5 nitrogen and oxygen atoms in total. The lowest BCUT2D eigenvalue weighted by Crippen LogP contribution is -1.90. The van der Waals surface area contributed by atoms with E-state index in [1.807, 2.05) is 48.5 Å². The zero-order valence-corrected chi connectivity index (χ0v) is 13.1. The van der Waals surface area contributed by atoms with Gasteiger partial charge >= 0.3 is 0 Å². The minimum atomic E-state index is 0.439. The maximum atomic E-state index is 4.35. The molecule has 0 amide bonds. The van der Waals surface area contributed by atoms with E-state index in [9.17, 15) is 0 Å². The summed E-state index contributed by atoms with van der Waals surface area (Å²) < 4.78 is 1.55. The first kappa shape index (κ1) is 14.8. The predicted octanol–water partition coefficient (Wildman–Crippen LogP) is 3.53. The summed E-state index contributed by atoms with van der Waals surface area (Å²) in [6.07, 6.45) is 5.04. The van der Waals surface area contributed by atoms with Crippen LogP contribution in [0.5, 0.6) is 0 Å². The molecule has 0 fully saturated rings. The van der Waals surface area contributed by atoms with Crippen LogP contribution < -0.4 is 0 Å². The van der Waals surface area contributed by atoms with E-state index < -0.39 is 0 Å². The Morgan fingerprint density at radius 1 is 0.826 bits per heavy atom. The summed E-state index contributed by atoms with van der Waals surface area (Å²) in [7, 11) is 0. The summed E-state index contributed by atoms with van der Waals surface area (Å²) in [5, 5.41) is 12.2. The van der Waals surface area contributed by atoms with Gasteiger partial charge in [0.1, 0.15) is 6.33 Å². The van der Waals surface area contributed by atoms with E-state index in [1.54, 1.807) is 17.1 Å². The van der Waals surface area contributed by atoms with Gasteiger partial charge in [-0.1, -0.05) is 59.7 Å². The molecule has 23 heavy (non-hydrogen) atoms. The van der Waals surface area contributed by atoms with E-state index in [4.69, 9.17) is 0 Å². The highest BCUT2D eigenvalue weighted by Gasteiger charge is 1.99. The van der Waals surface area contributed by atoms with Gasteiger partial charge in [0.2, 0.25) is 0 Å². The van der Waals surface area contributed by atoms with Crippen molar-refractivity contribution in [1.82, 2.24) is 14.9 Å². The summed E-state index contributed by atoms with van der Waals surface area (Å²) in [5.74, 6) is 0.439. The van der Waals surface area contributed by atoms with Crippen molar-refractivity contribution in [3.63, 3.8) is 0 Å². The minimum Gasteiger partial charge on any atom is -0.218 e. The molecule has 0 bridgehead atoms. The van der Waals surface area contributed by atoms with Crippen LogP contribution in [0, 0.1) is 13.8 Å². The van der Waals surface area contributed by atoms with Crippen LogP contribution in [0.25, 0.3) is 0 Å². The number of aliphatic imine (C=N–C) groups is 1. The SMILES string of the molecule is Cc1ccc(C=Nc2nncn2/N=C/c2ccc(C)cc2)cc1. The lowest BCUT2D eigenvalue weighted by molar-refractivity contribution is 0.879. The zero-order valence-electron chi connectivity index (χ0n) is 13.1. The standard InChI is InChI=1S/C18H17N5/c1-14-3-7-16(8-4-14)11-19-18-22-20-13-23(18)21-12-17-9-5-15(2)6-10-17/h3-13H,1-2H3/b19-11?,21-12+. The third-order valence-corrected chi connectivity index (χ3v) is 3.33. The molecule has 0 aliphatic carbocycles. The van der Waals surface area contributed by atoms with Crippen molar-refractivity contribution in [2.24, 2.45) is 10.1 Å². The number of hydrogen-bond acceptors (Lipinski definition) is 4. The molecule has 1 aromatic heterocycles. The van der Waals surface area contributed by atoms with Gasteiger partial charge < -0.3 is 0 Å². The lowest BCUT2D eigenvalue weighted by Gasteiger charge is -1.97. The second kappa shape index (κ2) is 6.79. The Morgan fingerprint density at radius 3 is 2.00 bits per heavy atom. The highest BCUT2D eigenvalue weighted by molar-refractivity contribution is 5.81. The van der Waals surface area contributed by atoms with Crippen LogP contribution in [0.1, 0.15) is 22.3 Å². The van der Waals surface area contributed by atoms with E-state index in [1.165, 1.54) is 17.5 Å². The molecule has 2 aromatic carbocycles. The second-order valence-electron chi connectivity index (χ2n) is 5.30. The van der Waals surface area contributed by atoms with Crippen molar-refractivity contribution in [1.29, 1.82) is 0 Å². The summed E-state index contributed by atoms with van der Waals surface area (Å²) in [5.41, 5.74) is 4.45. The first-order valence-electron chi connectivity index (χ1n) is 7.32. The largest absolute Gasteiger partial charge is 0.271 e. The van der Waals surface area contributed by atoms with Crippen molar-refractivity contribution in [2.75, 3.05) is 0 Å². The molecule has 0 radical (unpaired) electrons. The maximum absolute atomic E-state index is 4.35. The molecule has 0 atom stereocenters. The molecular formula is C18H17N5. The lowest BCUT2D eigenvalue weighted by atomic mass is 10.2. The number of hydrogen-bond donors (Lipinski definition) is 0. The Labute approximate surface area is 135 Å². The second-order valence-corrected chi connectivity index (χ2v) is 5.30. The quantitative estimate of drug-likeness (QED) is 0.692. The van der Waals surface area contributed by atoms with Gasteiger partial charge in [-0.2, -0.15) is 9.78 Å². The van der Waals surface area contributed by atoms with Crippen LogP contribution in [-0.2, 0) is 0 Å². The average molecular weight is 303 g/mol. The van der Waals surface area contributed by atoms with Gasteiger partial charge in [-0.25, -0.2) is 4.99 Å². The van der Waals surface area contributed by atoms with E-state index in [2.05, 4.69) is 34.1 Å². The highest BCUT2D eigenvalue weighted by atomic mass is 15.5. The van der Waals surface area contributed by atoms with Gasteiger partial charge in [0, 0.05) is 6.21 Å². The third kappa shape index (κ3) is 3.97. The summed E-state index contributed by atoms with van der Waals surface area (Å²) in [4.78, 5) is 4.34. The number of rotatable bonds is 4. The molecule has 0 saturated carbocycles. The zero-order chi connectivity index (χ0) is 16.1. The molecule has 3 aromatic rings. The van der Waals surface area contributed by atoms with Gasteiger partial charge in [-0.15, -0.1) is 10.2 Å². The van der Waals surface area contributed by atoms with Crippen molar-refractivity contribution in [2.45, 2.75) is 13.8 Å². The monoisotopic (exact) mass is 303 g/mol. The molecule has 0 N–H and O–H groups in total. The summed E-state index contributed by atoms with van der Waals surface area (Å²) in [6, 6.07) is 16.2. The van der Waals surface area contributed by atoms with Crippen LogP contribution in [0.15, 0.2) is 65.0 Å². The van der Waals surface area contributed by atoms with Crippen molar-refractivity contribution < 1.29 is 0 Å². The van der Waals surface area contributed by atoms with Gasteiger partial charge in [0.05, 0.1) is 6.21 Å². The van der Waals surface area contributed by atoms with Crippen LogP contribution in [-0.4, -0.2) is 27.3 Å². The molecular weight excluding hydrogens is 286 g/mol. The number of aromatic nitrogens is 3. The van der Waals surface area contributed by atoms with Crippen LogP contribution in [0.2, 0.25) is 0 Å². The van der Waals surface area contributed by atoms with E-state index in [0.29, 0.717) is 5.95 Å². The molecule has 0 unspecified atom stereocenters. The Balaban J connectivity index is 1.76. The number of benzene rings is 2. The molecule has 0 aliphatic heterocycles. The fourth-order valence-corrected chi connectivity index (χ4v) is 1.96. The molecule has 114 valence electrons. The van der Waals surface area contributed by atoms with Gasteiger partial charge in [-0.3, -0.25) is 0 Å². The molecule has 1 heterocycles. The Bertz CT molecular complexity index is 757. The smallest absolute Gasteiger partial charge is 0.218 e. The fourth-order valence-electron chi connectivity index (χ4n) is 1.96. The van der Waals surface area contributed by atoms with Gasteiger partial charge in [0.15, 0.2) is 0 Å². The van der Waals surface area contributed by atoms with E-state index in [-0.39, 0.29) is 0 Å². The van der Waals surface area contributed by atoms with Gasteiger partial charge in [0.25, 0.3) is 5.95 Å². The van der Waals surface area contributed by atoms with E-state index in [0.717, 1.165) is 11.1 Å². The molecule has 0 spiro atoms. The van der Waals surface area contributed by atoms with Crippen molar-refractivity contribution in [3.8, 4) is 0 Å². The van der Waals surface area contributed by atoms with Crippen LogP contribution in [0.4, 0.5) is 5.95 Å². The first-order valence-corrected chi connectivity index (χ1v) is 7.32. The number of nitrogens with zero attached hydrogens (tertiary/aromatic N) is 5. The Kier molecular flexibility index (Phi) is 4.38. The van der Waals surface area contributed by atoms with Gasteiger partial charge in [-0.05, 0) is 25.0 Å². The molecule has 0 saturated heterocycles. The predicted molar refractivity (Wildman–Crippen MR) is 92.6 cm³/mol. The third-order valence-electron chi connectivity index (χ3n) is 3.33. The maximum Gasteiger partial charge on any atom is 0.271 e. The molecule has 0 aliphatic rings. The van der Waals surface area contributed by atoms with Crippen LogP contribution >= 0.6 is 0 Å². The van der Waals surface area contributed by atoms with Crippen molar-refractivity contribution in [3.05, 3.63) is 77.1 Å². The topological polar surface area (TPSA) is 55.4 Å². The summed E-state index contributed by atoms with van der Waals surface area (Å²) in [6.45, 7) is 4.11. The Hall–Kier alpha value is -3.08. The fraction of sp³-hybridized carbons (Fsp3) is 0.111. The summed E-state index contributed by atoms with van der Waals surface area (Å²) >= 11 is 0. The Morgan fingerprint density at radius 2 is 1.39 bits per heavy atom. The highest BCUT2D eigenvalue weighted by Crippen LogP contribution is 2.08. The molecule has 3 rings (SSSR count). The normalized spacial score (nSPS) is 11.6. The van der Waals surface area contributed by atoms with Crippen molar-refractivity contribution >= 4 is 18.4 Å². The van der Waals surface area contributed by atoms with Crippen LogP contribution in [0.3, 0.4) is 0 Å². The average Bonchev–Trinajstić information content (AvgIpc) is 3.01. The molecule has 5 heteroatoms. The van der Waals surface area contributed by atoms with E-state index >= 15 is 0 Å². The first-order chi connectivity index (χ1) is 11.2. The number of aryl methyl sites for hydroxylation is 2.